The molecular formula is C34H25Cl2N3O2S. The third-order valence-corrected chi connectivity index (χ3v) is 9.32. The second kappa shape index (κ2) is 11.0. The number of hydrogen-bond acceptors (Lipinski definition) is 5. The SMILES string of the molecule is COc1ccc(C2c3[nH]c4ccc(Cl)cc4c3CCN2c2nc(-c3ccccc3)c(C(=O)c3ccc(Cl)cc3)s2)cc1. The Morgan fingerprint density at radius 3 is 2.43 bits per heavy atom. The fraction of sp³-hybridized carbons (Fsp3) is 0.118. The van der Waals surface area contributed by atoms with Crippen molar-refractivity contribution in [3.63, 3.8) is 0 Å². The van der Waals surface area contributed by atoms with E-state index in [1.54, 1.807) is 31.4 Å². The molecule has 1 unspecified atom stereocenters. The summed E-state index contributed by atoms with van der Waals surface area (Å²) < 4.78 is 5.45. The van der Waals surface area contributed by atoms with Gasteiger partial charge < -0.3 is 14.6 Å². The second-order valence-electron chi connectivity index (χ2n) is 10.2. The zero-order valence-corrected chi connectivity index (χ0v) is 24.9. The van der Waals surface area contributed by atoms with Crippen molar-refractivity contribution in [3.05, 3.63) is 134 Å². The number of halogens is 2. The predicted octanol–water partition coefficient (Wildman–Crippen LogP) is 8.99. The number of ketones is 1. The highest BCUT2D eigenvalue weighted by Gasteiger charge is 2.35. The van der Waals surface area contributed by atoms with Crippen LogP contribution < -0.4 is 9.64 Å². The molecule has 0 radical (unpaired) electrons. The molecular weight excluding hydrogens is 585 g/mol. The van der Waals surface area contributed by atoms with Gasteiger partial charge in [0.25, 0.3) is 0 Å². The highest BCUT2D eigenvalue weighted by Crippen LogP contribution is 2.44. The molecule has 0 saturated heterocycles. The van der Waals surface area contributed by atoms with Crippen LogP contribution in [0.5, 0.6) is 5.75 Å². The third-order valence-electron chi connectivity index (χ3n) is 7.74. The molecule has 4 aromatic carbocycles. The van der Waals surface area contributed by atoms with E-state index in [1.807, 2.05) is 60.7 Å². The van der Waals surface area contributed by atoms with Crippen LogP contribution in [-0.4, -0.2) is 29.4 Å². The van der Waals surface area contributed by atoms with Crippen molar-refractivity contribution in [2.45, 2.75) is 12.5 Å². The van der Waals surface area contributed by atoms with Crippen LogP contribution in [-0.2, 0) is 6.42 Å². The van der Waals surface area contributed by atoms with Gasteiger partial charge in [-0.15, -0.1) is 0 Å². The Kier molecular flexibility index (Phi) is 6.98. The molecule has 2 aromatic heterocycles. The summed E-state index contributed by atoms with van der Waals surface area (Å²) in [4.78, 5) is 25.6. The summed E-state index contributed by atoms with van der Waals surface area (Å²) in [6.07, 6.45) is 0.809. The van der Waals surface area contributed by atoms with Crippen LogP contribution >= 0.6 is 34.5 Å². The van der Waals surface area contributed by atoms with E-state index in [0.29, 0.717) is 26.2 Å². The minimum atomic E-state index is -0.154. The molecule has 6 aromatic rings. The van der Waals surface area contributed by atoms with Crippen molar-refractivity contribution in [2.24, 2.45) is 0 Å². The Morgan fingerprint density at radius 2 is 1.69 bits per heavy atom. The van der Waals surface area contributed by atoms with Crippen LogP contribution in [0, 0.1) is 0 Å². The zero-order valence-electron chi connectivity index (χ0n) is 22.6. The van der Waals surface area contributed by atoms with Gasteiger partial charge in [0.1, 0.15) is 10.6 Å². The number of H-pyrrole nitrogens is 1. The van der Waals surface area contributed by atoms with Crippen LogP contribution in [0.1, 0.15) is 38.1 Å². The Labute approximate surface area is 257 Å². The van der Waals surface area contributed by atoms with Crippen LogP contribution in [0.15, 0.2) is 97.1 Å². The lowest BCUT2D eigenvalue weighted by atomic mass is 9.92. The van der Waals surface area contributed by atoms with Gasteiger partial charge in [0, 0.05) is 44.3 Å². The van der Waals surface area contributed by atoms with Crippen molar-refractivity contribution >= 4 is 56.4 Å². The maximum absolute atomic E-state index is 13.9. The Balaban J connectivity index is 1.39. The predicted molar refractivity (Wildman–Crippen MR) is 172 cm³/mol. The molecule has 3 heterocycles. The number of thiazole rings is 1. The first-order chi connectivity index (χ1) is 20.5. The summed E-state index contributed by atoms with van der Waals surface area (Å²) in [7, 11) is 1.67. The molecule has 42 heavy (non-hydrogen) atoms. The van der Waals surface area contributed by atoms with Gasteiger partial charge in [0.15, 0.2) is 5.13 Å². The quantitative estimate of drug-likeness (QED) is 0.191. The second-order valence-corrected chi connectivity index (χ2v) is 12.1. The number of aromatic amines is 1. The summed E-state index contributed by atoms with van der Waals surface area (Å²) >= 11 is 14.0. The molecule has 5 nitrogen and oxygen atoms in total. The lowest BCUT2D eigenvalue weighted by Crippen LogP contribution is -2.36. The summed E-state index contributed by atoms with van der Waals surface area (Å²) in [6.45, 7) is 0.722. The fourth-order valence-electron chi connectivity index (χ4n) is 5.71. The van der Waals surface area contributed by atoms with Crippen LogP contribution in [0.2, 0.25) is 10.0 Å². The molecule has 0 bridgehead atoms. The first-order valence-corrected chi connectivity index (χ1v) is 15.1. The molecule has 0 aliphatic carbocycles. The molecule has 1 aliphatic rings. The summed E-state index contributed by atoms with van der Waals surface area (Å²) in [5, 5.41) is 3.23. The number of carbonyl (C=O) groups excluding carboxylic acids is 1. The standard InChI is InChI=1S/C34H25Cl2N3O2S/c1-41-25-14-9-21(10-15-25)31-30-26(27-19-24(36)13-16-28(27)37-30)17-18-39(31)34-38-29(20-5-3-2-4-6-20)33(42-34)32(40)22-7-11-23(35)12-8-22/h2-16,19,31,37H,17-18H2,1H3. The lowest BCUT2D eigenvalue weighted by molar-refractivity contribution is 0.104. The number of hydrogen-bond donors (Lipinski definition) is 1. The van der Waals surface area contributed by atoms with E-state index in [0.717, 1.165) is 51.6 Å². The van der Waals surface area contributed by atoms with E-state index in [4.69, 9.17) is 32.9 Å². The molecule has 0 spiro atoms. The van der Waals surface area contributed by atoms with E-state index < -0.39 is 0 Å². The lowest BCUT2D eigenvalue weighted by Gasteiger charge is -2.36. The van der Waals surface area contributed by atoms with Gasteiger partial charge in [-0.25, -0.2) is 4.98 Å². The number of nitrogens with one attached hydrogen (secondary N) is 1. The number of benzene rings is 4. The van der Waals surface area contributed by atoms with Crippen LogP contribution in [0.3, 0.4) is 0 Å². The minimum absolute atomic E-state index is 0.0757. The van der Waals surface area contributed by atoms with Crippen molar-refractivity contribution < 1.29 is 9.53 Å². The van der Waals surface area contributed by atoms with Gasteiger partial charge in [-0.05, 0) is 72.1 Å². The van der Waals surface area contributed by atoms with Crippen LogP contribution in [0.25, 0.3) is 22.2 Å². The maximum Gasteiger partial charge on any atom is 0.205 e. The summed E-state index contributed by atoms with van der Waals surface area (Å²) in [6, 6.07) is 30.9. The normalized spacial score (nSPS) is 14.6. The van der Waals surface area contributed by atoms with Crippen molar-refractivity contribution in [1.29, 1.82) is 0 Å². The van der Waals surface area contributed by atoms with Crippen molar-refractivity contribution in [1.82, 2.24) is 9.97 Å². The molecule has 1 N–H and O–H groups in total. The highest BCUT2D eigenvalue weighted by molar-refractivity contribution is 7.18. The number of ether oxygens (including phenoxy) is 1. The number of nitrogens with zero attached hydrogens (tertiary/aromatic N) is 2. The van der Waals surface area contributed by atoms with Gasteiger partial charge in [0.2, 0.25) is 5.78 Å². The van der Waals surface area contributed by atoms with E-state index in [-0.39, 0.29) is 11.8 Å². The van der Waals surface area contributed by atoms with Crippen molar-refractivity contribution in [3.8, 4) is 17.0 Å². The van der Waals surface area contributed by atoms with E-state index in [2.05, 4.69) is 22.0 Å². The zero-order chi connectivity index (χ0) is 28.8. The van der Waals surface area contributed by atoms with Gasteiger partial charge in [-0.1, -0.05) is 77.0 Å². The number of rotatable bonds is 6. The monoisotopic (exact) mass is 609 g/mol. The average molecular weight is 611 g/mol. The molecule has 8 heteroatoms. The molecule has 0 fully saturated rings. The number of fused-ring (bicyclic) bond motifs is 3. The van der Waals surface area contributed by atoms with Gasteiger partial charge in [-0.2, -0.15) is 0 Å². The Morgan fingerprint density at radius 1 is 0.952 bits per heavy atom. The molecule has 7 rings (SSSR count). The van der Waals surface area contributed by atoms with Gasteiger partial charge in [-0.3, -0.25) is 4.79 Å². The fourth-order valence-corrected chi connectivity index (χ4v) is 7.11. The van der Waals surface area contributed by atoms with Crippen LogP contribution in [0.4, 0.5) is 5.13 Å². The molecule has 208 valence electrons. The first kappa shape index (κ1) is 26.8. The summed E-state index contributed by atoms with van der Waals surface area (Å²) in [5.74, 6) is 0.717. The molecule has 1 atom stereocenters. The van der Waals surface area contributed by atoms with E-state index in [1.165, 1.54) is 16.9 Å². The molecule has 0 saturated carbocycles. The highest BCUT2D eigenvalue weighted by atomic mass is 35.5. The smallest absolute Gasteiger partial charge is 0.205 e. The average Bonchev–Trinajstić information content (AvgIpc) is 3.63. The van der Waals surface area contributed by atoms with Crippen molar-refractivity contribution in [2.75, 3.05) is 18.6 Å². The largest absolute Gasteiger partial charge is 0.497 e. The van der Waals surface area contributed by atoms with E-state index in [9.17, 15) is 4.79 Å². The molecule has 0 amide bonds. The van der Waals surface area contributed by atoms with Gasteiger partial charge in [0.05, 0.1) is 18.8 Å². The summed E-state index contributed by atoms with van der Waals surface area (Å²) in [5.41, 5.74) is 6.65. The molecule has 1 aliphatic heterocycles. The van der Waals surface area contributed by atoms with Gasteiger partial charge >= 0.3 is 0 Å². The first-order valence-electron chi connectivity index (χ1n) is 13.6. The number of carbonyl (C=O) groups is 1. The minimum Gasteiger partial charge on any atom is -0.497 e. The maximum atomic E-state index is 13.9. The number of aromatic nitrogens is 2. The number of methoxy groups -OCH3 is 1. The Bertz CT molecular complexity index is 1920. The third kappa shape index (κ3) is 4.75. The topological polar surface area (TPSA) is 58.2 Å². The Hall–Kier alpha value is -4.10. The number of anilines is 1. The van der Waals surface area contributed by atoms with E-state index >= 15 is 0 Å².